The molecule has 1 saturated heterocycles. The fraction of sp³-hybridized carbons (Fsp3) is 0.273. The highest BCUT2D eigenvalue weighted by Crippen LogP contribution is 2.30. The maximum absolute atomic E-state index is 12.5. The van der Waals surface area contributed by atoms with Gasteiger partial charge in [0.1, 0.15) is 0 Å². The molecule has 5 heteroatoms. The molecule has 1 amide bonds. The summed E-state index contributed by atoms with van der Waals surface area (Å²) in [6, 6.07) is 18.7. The average Bonchev–Trinajstić information content (AvgIpc) is 3.38. The smallest absolute Gasteiger partial charge is 0.233 e. The molecule has 4 rings (SSSR count). The molecule has 0 radical (unpaired) electrons. The van der Waals surface area contributed by atoms with Gasteiger partial charge in [-0.3, -0.25) is 9.36 Å². The van der Waals surface area contributed by atoms with Gasteiger partial charge in [-0.1, -0.05) is 59.8 Å². The van der Waals surface area contributed by atoms with Gasteiger partial charge in [-0.25, -0.2) is 4.98 Å². The molecule has 0 N–H and O–H groups in total. The zero-order valence-corrected chi connectivity index (χ0v) is 16.3. The molecule has 2 heterocycles. The van der Waals surface area contributed by atoms with Crippen LogP contribution in [0.3, 0.4) is 0 Å². The third-order valence-electron chi connectivity index (χ3n) is 4.87. The molecule has 138 valence electrons. The molecule has 0 spiro atoms. The summed E-state index contributed by atoms with van der Waals surface area (Å²) in [7, 11) is 0. The molecule has 0 saturated carbocycles. The highest BCUT2D eigenvalue weighted by molar-refractivity contribution is 7.99. The second-order valence-electron chi connectivity index (χ2n) is 6.84. The SMILES string of the molecule is Cc1ccc(-n2c(-c3ccccc3)cnc2SCC(=O)N2CCCC2)cc1. The number of likely N-dealkylation sites (tertiary alicyclic amines) is 1. The Labute approximate surface area is 164 Å². The number of carbonyl (C=O) groups is 1. The van der Waals surface area contributed by atoms with E-state index in [0.717, 1.165) is 48.0 Å². The van der Waals surface area contributed by atoms with Gasteiger partial charge in [0.25, 0.3) is 0 Å². The van der Waals surface area contributed by atoms with E-state index in [1.807, 2.05) is 29.3 Å². The lowest BCUT2D eigenvalue weighted by Gasteiger charge is -2.16. The van der Waals surface area contributed by atoms with Crippen LogP contribution in [0.5, 0.6) is 0 Å². The maximum atomic E-state index is 12.5. The van der Waals surface area contributed by atoms with E-state index in [9.17, 15) is 4.79 Å². The normalized spacial score (nSPS) is 13.9. The fourth-order valence-corrected chi connectivity index (χ4v) is 4.27. The number of nitrogens with zero attached hydrogens (tertiary/aromatic N) is 3. The van der Waals surface area contributed by atoms with Gasteiger partial charge in [-0.2, -0.15) is 0 Å². The number of aryl methyl sites for hydroxylation is 1. The minimum atomic E-state index is 0.206. The first-order valence-corrected chi connectivity index (χ1v) is 10.3. The summed E-state index contributed by atoms with van der Waals surface area (Å²) < 4.78 is 2.15. The molecule has 27 heavy (non-hydrogen) atoms. The quantitative estimate of drug-likeness (QED) is 0.612. The fourth-order valence-electron chi connectivity index (χ4n) is 3.38. The number of rotatable bonds is 5. The van der Waals surface area contributed by atoms with E-state index in [1.165, 1.54) is 17.3 Å². The predicted molar refractivity (Wildman–Crippen MR) is 110 cm³/mol. The topological polar surface area (TPSA) is 38.1 Å². The molecule has 1 aliphatic heterocycles. The van der Waals surface area contributed by atoms with Crippen LogP contribution >= 0.6 is 11.8 Å². The molecule has 0 unspecified atom stereocenters. The Bertz CT molecular complexity index is 912. The average molecular weight is 378 g/mol. The number of hydrogen-bond donors (Lipinski definition) is 0. The lowest BCUT2D eigenvalue weighted by molar-refractivity contribution is -0.127. The van der Waals surface area contributed by atoms with E-state index < -0.39 is 0 Å². The first-order valence-electron chi connectivity index (χ1n) is 9.33. The molecule has 1 aromatic heterocycles. The van der Waals surface area contributed by atoms with Crippen LogP contribution in [0.15, 0.2) is 66.0 Å². The largest absolute Gasteiger partial charge is 0.342 e. The van der Waals surface area contributed by atoms with E-state index in [0.29, 0.717) is 5.75 Å². The number of benzene rings is 2. The highest BCUT2D eigenvalue weighted by atomic mass is 32.2. The van der Waals surface area contributed by atoms with Gasteiger partial charge in [0.2, 0.25) is 5.91 Å². The van der Waals surface area contributed by atoms with Crippen molar-refractivity contribution < 1.29 is 4.79 Å². The third kappa shape index (κ3) is 3.93. The molecule has 0 aliphatic carbocycles. The van der Waals surface area contributed by atoms with Crippen molar-refractivity contribution in [3.8, 4) is 16.9 Å². The summed E-state index contributed by atoms with van der Waals surface area (Å²) in [6.45, 7) is 3.86. The molecule has 0 atom stereocenters. The summed E-state index contributed by atoms with van der Waals surface area (Å²) in [5.74, 6) is 0.633. The van der Waals surface area contributed by atoms with E-state index in [1.54, 1.807) is 0 Å². The van der Waals surface area contributed by atoms with Crippen LogP contribution < -0.4 is 0 Å². The van der Waals surface area contributed by atoms with Crippen LogP contribution in [0, 0.1) is 6.92 Å². The van der Waals surface area contributed by atoms with E-state index in [4.69, 9.17) is 0 Å². The monoisotopic (exact) mass is 377 g/mol. The van der Waals surface area contributed by atoms with Crippen LogP contribution in [0.4, 0.5) is 0 Å². The van der Waals surface area contributed by atoms with E-state index in [-0.39, 0.29) is 5.91 Å². The van der Waals surface area contributed by atoms with Crippen LogP contribution in [0.2, 0.25) is 0 Å². The van der Waals surface area contributed by atoms with Crippen LogP contribution in [-0.4, -0.2) is 39.2 Å². The predicted octanol–water partition coefficient (Wildman–Crippen LogP) is 4.56. The summed E-state index contributed by atoms with van der Waals surface area (Å²) in [4.78, 5) is 19.1. The van der Waals surface area contributed by atoms with Gasteiger partial charge in [0.05, 0.1) is 17.6 Å². The minimum absolute atomic E-state index is 0.206. The van der Waals surface area contributed by atoms with Gasteiger partial charge in [-0.15, -0.1) is 0 Å². The van der Waals surface area contributed by atoms with Gasteiger partial charge >= 0.3 is 0 Å². The van der Waals surface area contributed by atoms with Crippen molar-refractivity contribution in [2.24, 2.45) is 0 Å². The van der Waals surface area contributed by atoms with Crippen molar-refractivity contribution >= 4 is 17.7 Å². The lowest BCUT2D eigenvalue weighted by Crippen LogP contribution is -2.29. The lowest BCUT2D eigenvalue weighted by atomic mass is 10.1. The molecule has 4 nitrogen and oxygen atoms in total. The zero-order chi connectivity index (χ0) is 18.6. The van der Waals surface area contributed by atoms with E-state index in [2.05, 4.69) is 52.9 Å². The minimum Gasteiger partial charge on any atom is -0.342 e. The van der Waals surface area contributed by atoms with Gasteiger partial charge in [0.15, 0.2) is 5.16 Å². The van der Waals surface area contributed by atoms with Crippen molar-refractivity contribution in [2.75, 3.05) is 18.8 Å². The summed E-state index contributed by atoms with van der Waals surface area (Å²) >= 11 is 1.52. The van der Waals surface area contributed by atoms with Crippen LogP contribution in [-0.2, 0) is 4.79 Å². The van der Waals surface area contributed by atoms with Crippen molar-refractivity contribution in [2.45, 2.75) is 24.9 Å². The second kappa shape index (κ2) is 8.01. The Morgan fingerprint density at radius 2 is 1.74 bits per heavy atom. The summed E-state index contributed by atoms with van der Waals surface area (Å²) in [5, 5.41) is 0.852. The van der Waals surface area contributed by atoms with Crippen LogP contribution in [0.1, 0.15) is 18.4 Å². The third-order valence-corrected chi connectivity index (χ3v) is 5.81. The second-order valence-corrected chi connectivity index (χ2v) is 7.78. The van der Waals surface area contributed by atoms with Gasteiger partial charge in [0, 0.05) is 24.3 Å². The van der Waals surface area contributed by atoms with E-state index >= 15 is 0 Å². The summed E-state index contributed by atoms with van der Waals surface area (Å²) in [5.41, 5.74) is 4.44. The van der Waals surface area contributed by atoms with Crippen molar-refractivity contribution in [1.82, 2.24) is 14.5 Å². The Morgan fingerprint density at radius 3 is 2.44 bits per heavy atom. The Kier molecular flexibility index (Phi) is 5.30. The number of hydrogen-bond acceptors (Lipinski definition) is 3. The first-order chi connectivity index (χ1) is 13.2. The number of thioether (sulfide) groups is 1. The summed E-state index contributed by atoms with van der Waals surface area (Å²) in [6.07, 6.45) is 4.14. The zero-order valence-electron chi connectivity index (χ0n) is 15.5. The van der Waals surface area contributed by atoms with Gasteiger partial charge in [-0.05, 0) is 31.9 Å². The number of amides is 1. The van der Waals surface area contributed by atoms with Gasteiger partial charge < -0.3 is 4.90 Å². The molecule has 1 aliphatic rings. The molecular formula is C22H23N3OS. The Morgan fingerprint density at radius 1 is 1.04 bits per heavy atom. The number of carbonyl (C=O) groups excluding carboxylic acids is 1. The molecular weight excluding hydrogens is 354 g/mol. The van der Waals surface area contributed by atoms with Crippen LogP contribution in [0.25, 0.3) is 16.9 Å². The molecule has 0 bridgehead atoms. The van der Waals surface area contributed by atoms with Crippen molar-refractivity contribution in [3.05, 3.63) is 66.4 Å². The van der Waals surface area contributed by atoms with Crippen molar-refractivity contribution in [3.63, 3.8) is 0 Å². The first kappa shape index (κ1) is 17.9. The number of aromatic nitrogens is 2. The molecule has 1 fully saturated rings. The Hall–Kier alpha value is -2.53. The Balaban J connectivity index is 1.65. The highest BCUT2D eigenvalue weighted by Gasteiger charge is 2.20. The molecule has 3 aromatic rings. The standard InChI is InChI=1S/C22H23N3OS/c1-17-9-11-19(12-10-17)25-20(18-7-3-2-4-8-18)15-23-22(25)27-16-21(26)24-13-5-6-14-24/h2-4,7-12,15H,5-6,13-14,16H2,1H3. The maximum Gasteiger partial charge on any atom is 0.233 e. The molecule has 2 aromatic carbocycles. The van der Waals surface area contributed by atoms with Crippen molar-refractivity contribution in [1.29, 1.82) is 0 Å². The number of imidazole rings is 1.